The molecule has 0 saturated carbocycles. The average Bonchev–Trinajstić information content (AvgIpc) is 3.29. The van der Waals surface area contributed by atoms with Gasteiger partial charge in [0.1, 0.15) is 23.7 Å². The van der Waals surface area contributed by atoms with E-state index in [-0.39, 0.29) is 19.1 Å². The van der Waals surface area contributed by atoms with Crippen molar-refractivity contribution in [3.63, 3.8) is 0 Å². The van der Waals surface area contributed by atoms with Crippen LogP contribution in [0.2, 0.25) is 0 Å². The van der Waals surface area contributed by atoms with E-state index in [2.05, 4.69) is 0 Å². The lowest BCUT2D eigenvalue weighted by atomic mass is 9.98. The van der Waals surface area contributed by atoms with Crippen molar-refractivity contribution in [1.82, 2.24) is 0 Å². The summed E-state index contributed by atoms with van der Waals surface area (Å²) < 4.78 is 18.2. The van der Waals surface area contributed by atoms with Gasteiger partial charge < -0.3 is 24.7 Å². The number of hydrogen-bond donors (Lipinski definition) is 2. The Morgan fingerprint density at radius 2 is 1.88 bits per heavy atom. The molecule has 33 heavy (non-hydrogen) atoms. The predicted octanol–water partition coefficient (Wildman–Crippen LogP) is 5.55. The lowest BCUT2D eigenvalue weighted by Gasteiger charge is -2.18. The van der Waals surface area contributed by atoms with Gasteiger partial charge in [-0.05, 0) is 49.2 Å². The standard InChI is InChI=1S/C27H27NO5/c1-17(2)33-26-21(16-32-24-9-4-3-7-20(24)14-25(29)30)13-23(27-22(26)10-11-31-27)19-8-5-6-18(12-19)15-28/h3-13,17H,14-16,28H2,1-2H3,(H,29,30). The monoisotopic (exact) mass is 445 g/mol. The summed E-state index contributed by atoms with van der Waals surface area (Å²) in [6.45, 7) is 4.60. The van der Waals surface area contributed by atoms with Crippen LogP contribution in [0.3, 0.4) is 0 Å². The molecule has 0 bridgehead atoms. The number of ether oxygens (including phenoxy) is 2. The number of furan rings is 1. The highest BCUT2D eigenvalue weighted by molar-refractivity contribution is 5.97. The maximum Gasteiger partial charge on any atom is 0.307 e. The van der Waals surface area contributed by atoms with Crippen molar-refractivity contribution >= 4 is 16.9 Å². The third kappa shape index (κ3) is 5.02. The lowest BCUT2D eigenvalue weighted by molar-refractivity contribution is -0.136. The Labute approximate surface area is 192 Å². The van der Waals surface area contributed by atoms with Crippen LogP contribution in [0.4, 0.5) is 0 Å². The second-order valence-electron chi connectivity index (χ2n) is 8.11. The first kappa shape index (κ1) is 22.4. The van der Waals surface area contributed by atoms with Crippen molar-refractivity contribution in [2.24, 2.45) is 5.73 Å². The molecular formula is C27H27NO5. The minimum atomic E-state index is -0.906. The van der Waals surface area contributed by atoms with Gasteiger partial charge in [0.2, 0.25) is 0 Å². The minimum Gasteiger partial charge on any atom is -0.490 e. The molecular weight excluding hydrogens is 418 g/mol. The minimum absolute atomic E-state index is 0.0486. The van der Waals surface area contributed by atoms with E-state index in [1.807, 2.05) is 56.3 Å². The van der Waals surface area contributed by atoms with Crippen molar-refractivity contribution in [1.29, 1.82) is 0 Å². The van der Waals surface area contributed by atoms with Gasteiger partial charge in [-0.15, -0.1) is 0 Å². The van der Waals surface area contributed by atoms with E-state index in [9.17, 15) is 9.90 Å². The Balaban J connectivity index is 1.79. The third-order valence-corrected chi connectivity index (χ3v) is 5.29. The molecule has 0 aliphatic carbocycles. The molecule has 4 rings (SSSR count). The highest BCUT2D eigenvalue weighted by atomic mass is 16.5. The fraction of sp³-hybridized carbons (Fsp3) is 0.222. The van der Waals surface area contributed by atoms with Crippen molar-refractivity contribution in [2.45, 2.75) is 39.5 Å². The average molecular weight is 446 g/mol. The molecule has 3 aromatic carbocycles. The van der Waals surface area contributed by atoms with Crippen LogP contribution >= 0.6 is 0 Å². The van der Waals surface area contributed by atoms with Gasteiger partial charge in [-0.25, -0.2) is 0 Å². The maximum absolute atomic E-state index is 11.2. The van der Waals surface area contributed by atoms with Crippen molar-refractivity contribution in [2.75, 3.05) is 0 Å². The van der Waals surface area contributed by atoms with Crippen molar-refractivity contribution in [3.8, 4) is 22.6 Å². The van der Waals surface area contributed by atoms with E-state index in [1.165, 1.54) is 0 Å². The largest absolute Gasteiger partial charge is 0.490 e. The summed E-state index contributed by atoms with van der Waals surface area (Å²) in [6.07, 6.45) is 1.50. The van der Waals surface area contributed by atoms with E-state index in [0.717, 1.165) is 33.2 Å². The lowest BCUT2D eigenvalue weighted by Crippen LogP contribution is -2.10. The molecule has 0 radical (unpaired) electrons. The van der Waals surface area contributed by atoms with Crippen molar-refractivity contribution < 1.29 is 23.8 Å². The first-order valence-electron chi connectivity index (χ1n) is 10.9. The molecule has 0 atom stereocenters. The number of carbonyl (C=O) groups is 1. The van der Waals surface area contributed by atoms with Crippen LogP contribution in [-0.4, -0.2) is 17.2 Å². The third-order valence-electron chi connectivity index (χ3n) is 5.29. The van der Waals surface area contributed by atoms with Gasteiger partial charge in [0.05, 0.1) is 24.2 Å². The molecule has 0 fully saturated rings. The molecule has 3 N–H and O–H groups in total. The smallest absolute Gasteiger partial charge is 0.307 e. The summed E-state index contributed by atoms with van der Waals surface area (Å²) in [7, 11) is 0. The van der Waals surface area contributed by atoms with E-state index >= 15 is 0 Å². The van der Waals surface area contributed by atoms with Crippen molar-refractivity contribution in [3.05, 3.63) is 83.6 Å². The summed E-state index contributed by atoms with van der Waals surface area (Å²) >= 11 is 0. The summed E-state index contributed by atoms with van der Waals surface area (Å²) in [4.78, 5) is 11.2. The van der Waals surface area contributed by atoms with Gasteiger partial charge in [0, 0.05) is 23.2 Å². The number of hydrogen-bond acceptors (Lipinski definition) is 5. The SMILES string of the molecule is CC(C)Oc1c(COc2ccccc2CC(=O)O)cc(-c2cccc(CN)c2)c2occc12. The van der Waals surface area contributed by atoms with Crippen LogP contribution in [0, 0.1) is 0 Å². The highest BCUT2D eigenvalue weighted by Gasteiger charge is 2.19. The first-order valence-corrected chi connectivity index (χ1v) is 10.9. The number of carboxylic acid groups (broad SMARTS) is 1. The van der Waals surface area contributed by atoms with E-state index in [1.54, 1.807) is 24.5 Å². The quantitative estimate of drug-likeness (QED) is 0.351. The topological polar surface area (TPSA) is 94.9 Å². The van der Waals surface area contributed by atoms with Crippen LogP contribution in [-0.2, 0) is 24.4 Å². The molecule has 1 heterocycles. The van der Waals surface area contributed by atoms with Crippen LogP contribution in [0.25, 0.3) is 22.1 Å². The zero-order valence-corrected chi connectivity index (χ0v) is 18.7. The number of para-hydroxylation sites is 1. The first-order chi connectivity index (χ1) is 16.0. The molecule has 1 aromatic heterocycles. The molecule has 4 aromatic rings. The van der Waals surface area contributed by atoms with Gasteiger partial charge in [0.25, 0.3) is 0 Å². The molecule has 0 aliphatic rings. The van der Waals surface area contributed by atoms with Crippen LogP contribution in [0.15, 0.2) is 71.3 Å². The van der Waals surface area contributed by atoms with E-state index < -0.39 is 5.97 Å². The number of aliphatic carboxylic acids is 1. The number of benzene rings is 3. The predicted molar refractivity (Wildman–Crippen MR) is 127 cm³/mol. The van der Waals surface area contributed by atoms with Gasteiger partial charge in [-0.1, -0.05) is 36.4 Å². The summed E-state index contributed by atoms with van der Waals surface area (Å²) in [5.74, 6) is 0.328. The molecule has 170 valence electrons. The second-order valence-corrected chi connectivity index (χ2v) is 8.11. The fourth-order valence-electron chi connectivity index (χ4n) is 3.85. The molecule has 0 saturated heterocycles. The second kappa shape index (κ2) is 9.79. The number of fused-ring (bicyclic) bond motifs is 1. The number of carboxylic acids is 1. The van der Waals surface area contributed by atoms with Gasteiger partial charge in [0.15, 0.2) is 0 Å². The van der Waals surface area contributed by atoms with E-state index in [4.69, 9.17) is 19.6 Å². The Morgan fingerprint density at radius 3 is 2.64 bits per heavy atom. The van der Waals surface area contributed by atoms with Crippen LogP contribution in [0.1, 0.15) is 30.5 Å². The normalized spacial score (nSPS) is 11.2. The Morgan fingerprint density at radius 1 is 1.06 bits per heavy atom. The highest BCUT2D eigenvalue weighted by Crippen LogP contribution is 2.40. The Kier molecular flexibility index (Phi) is 6.66. The summed E-state index contributed by atoms with van der Waals surface area (Å²) in [5, 5.41) is 10.1. The zero-order chi connectivity index (χ0) is 23.4. The maximum atomic E-state index is 11.2. The van der Waals surface area contributed by atoms with Crippen LogP contribution in [0.5, 0.6) is 11.5 Å². The molecule has 6 nitrogen and oxygen atoms in total. The molecule has 6 heteroatoms. The zero-order valence-electron chi connectivity index (χ0n) is 18.7. The molecule has 0 unspecified atom stereocenters. The molecule has 0 aliphatic heterocycles. The van der Waals surface area contributed by atoms with Gasteiger partial charge in [-0.3, -0.25) is 4.79 Å². The van der Waals surface area contributed by atoms with Gasteiger partial charge >= 0.3 is 5.97 Å². The number of nitrogens with two attached hydrogens (primary N) is 1. The molecule has 0 amide bonds. The summed E-state index contributed by atoms with van der Waals surface area (Å²) in [5.41, 5.74) is 11.0. The Bertz CT molecular complexity index is 1270. The van der Waals surface area contributed by atoms with Crippen LogP contribution < -0.4 is 15.2 Å². The Hall–Kier alpha value is -3.77. The summed E-state index contributed by atoms with van der Waals surface area (Å²) in [6, 6.07) is 19.1. The molecule has 0 spiro atoms. The fourth-order valence-corrected chi connectivity index (χ4v) is 3.85. The number of rotatable bonds is 9. The van der Waals surface area contributed by atoms with E-state index in [0.29, 0.717) is 23.6 Å². The van der Waals surface area contributed by atoms with Gasteiger partial charge in [-0.2, -0.15) is 0 Å².